The average Bonchev–Trinajstić information content (AvgIpc) is 2.68. The molecule has 3 rings (SSSR count). The van der Waals surface area contributed by atoms with Crippen LogP contribution in [0, 0.1) is 6.92 Å². The number of hydrogen-bond donors (Lipinski definition) is 0. The molecule has 0 bridgehead atoms. The van der Waals surface area contributed by atoms with Crippen molar-refractivity contribution in [1.82, 2.24) is 0 Å². The van der Waals surface area contributed by atoms with E-state index in [0.29, 0.717) is 19.9 Å². The molecule has 2 heteroatoms. The Balaban J connectivity index is 2.47. The van der Waals surface area contributed by atoms with Crippen LogP contribution in [0.2, 0.25) is 0 Å². The first-order valence-corrected chi connectivity index (χ1v) is 7.02. The van der Waals surface area contributed by atoms with Gasteiger partial charge in [-0.05, 0) is 0 Å². The summed E-state index contributed by atoms with van der Waals surface area (Å²) in [5.74, 6) is 0. The summed E-state index contributed by atoms with van der Waals surface area (Å²) in [6.07, 6.45) is 3.36. The van der Waals surface area contributed by atoms with Crippen LogP contribution >= 0.6 is 0 Å². The van der Waals surface area contributed by atoms with Gasteiger partial charge in [0.2, 0.25) is 0 Å². The quantitative estimate of drug-likeness (QED) is 0.665. The minimum atomic E-state index is 0.314. The van der Waals surface area contributed by atoms with Gasteiger partial charge >= 0.3 is 94.3 Å². The molecule has 1 aromatic carbocycles. The Morgan fingerprint density at radius 1 is 1.27 bits per heavy atom. The normalized spacial score (nSPS) is 14.5. The second kappa shape index (κ2) is 3.33. The minimum absolute atomic E-state index is 0.314. The Bertz CT molecular complexity index is 595. The van der Waals surface area contributed by atoms with Gasteiger partial charge in [0, 0.05) is 0 Å². The number of hydrogen-bond acceptors (Lipinski definition) is 1. The number of benzene rings is 1. The second-order valence-electron chi connectivity index (χ2n) is 4.19. The van der Waals surface area contributed by atoms with E-state index in [0.717, 1.165) is 23.8 Å². The summed E-state index contributed by atoms with van der Waals surface area (Å²) in [6, 6.07) is 6.32. The third kappa shape index (κ3) is 1.40. The van der Waals surface area contributed by atoms with E-state index in [9.17, 15) is 4.79 Å². The van der Waals surface area contributed by atoms with Crippen LogP contribution < -0.4 is 5.43 Å². The summed E-state index contributed by atoms with van der Waals surface area (Å²) < 4.78 is 2.75. The summed E-state index contributed by atoms with van der Waals surface area (Å²) in [7, 11) is 0. The van der Waals surface area contributed by atoms with E-state index >= 15 is 0 Å². The van der Waals surface area contributed by atoms with E-state index < -0.39 is 0 Å². The molecule has 0 saturated heterocycles. The zero-order valence-corrected chi connectivity index (χ0v) is 10.4. The van der Waals surface area contributed by atoms with Crippen LogP contribution in [0.4, 0.5) is 0 Å². The van der Waals surface area contributed by atoms with Gasteiger partial charge in [0.05, 0.1) is 0 Å². The van der Waals surface area contributed by atoms with Crippen molar-refractivity contribution in [3.8, 4) is 0 Å². The van der Waals surface area contributed by atoms with Gasteiger partial charge in [0.15, 0.2) is 0 Å². The molecule has 0 spiro atoms. The van der Waals surface area contributed by atoms with Crippen LogP contribution in [0.1, 0.15) is 22.0 Å². The van der Waals surface area contributed by atoms with Crippen LogP contribution in [0.15, 0.2) is 23.0 Å². The fourth-order valence-electron chi connectivity index (χ4n) is 2.27. The fourth-order valence-corrected chi connectivity index (χ4v) is 4.85. The van der Waals surface area contributed by atoms with E-state index in [1.807, 2.05) is 0 Å². The van der Waals surface area contributed by atoms with Crippen LogP contribution in [0.5, 0.6) is 0 Å². The maximum absolute atomic E-state index is 12.2. The summed E-state index contributed by atoms with van der Waals surface area (Å²) in [6.45, 7) is 2.05. The monoisotopic (exact) mass is 264 g/mol. The Morgan fingerprint density at radius 2 is 2.13 bits per heavy atom. The van der Waals surface area contributed by atoms with Crippen LogP contribution in [-0.4, -0.2) is 14.5 Å². The molecular formula is C13H12OSe. The molecule has 76 valence electrons. The van der Waals surface area contributed by atoms with Crippen LogP contribution in [0.3, 0.4) is 0 Å². The summed E-state index contributed by atoms with van der Waals surface area (Å²) in [5, 5.41) is 0.982. The van der Waals surface area contributed by atoms with Gasteiger partial charge in [0.1, 0.15) is 0 Å². The van der Waals surface area contributed by atoms with E-state index in [1.54, 1.807) is 0 Å². The van der Waals surface area contributed by atoms with Crippen molar-refractivity contribution < 1.29 is 0 Å². The molecule has 1 aromatic heterocycles. The molecule has 1 heterocycles. The molecule has 0 saturated carbocycles. The molecular weight excluding hydrogens is 251 g/mol. The van der Waals surface area contributed by atoms with Crippen molar-refractivity contribution in [2.75, 3.05) is 0 Å². The Morgan fingerprint density at radius 3 is 3.00 bits per heavy atom. The van der Waals surface area contributed by atoms with Gasteiger partial charge in [-0.1, -0.05) is 0 Å². The predicted octanol–water partition coefficient (Wildman–Crippen LogP) is 2.05. The molecule has 1 aliphatic rings. The van der Waals surface area contributed by atoms with Gasteiger partial charge in [-0.2, -0.15) is 0 Å². The number of rotatable bonds is 0. The zero-order chi connectivity index (χ0) is 10.4. The molecule has 0 atom stereocenters. The fraction of sp³-hybridized carbons (Fsp3) is 0.308. The standard InChI is InChI=1S/C13H12OSe/c1-8-5-6-12-10(7-8)13(14)9-3-2-4-11(9)15-12/h5-7H,2-4H2,1H3. The van der Waals surface area contributed by atoms with Gasteiger partial charge in [-0.25, -0.2) is 0 Å². The first kappa shape index (κ1) is 9.38. The zero-order valence-electron chi connectivity index (χ0n) is 8.67. The van der Waals surface area contributed by atoms with E-state index in [4.69, 9.17) is 0 Å². The third-order valence-corrected chi connectivity index (χ3v) is 5.72. The Hall–Kier alpha value is -0.851. The van der Waals surface area contributed by atoms with E-state index in [-0.39, 0.29) is 0 Å². The number of fused-ring (bicyclic) bond motifs is 2. The second-order valence-corrected chi connectivity index (χ2v) is 6.57. The third-order valence-electron chi connectivity index (χ3n) is 3.05. The van der Waals surface area contributed by atoms with Crippen molar-refractivity contribution in [1.29, 1.82) is 0 Å². The predicted molar refractivity (Wildman–Crippen MR) is 63.9 cm³/mol. The van der Waals surface area contributed by atoms with Gasteiger partial charge in [-0.3, -0.25) is 0 Å². The Labute approximate surface area is 94.5 Å². The first-order chi connectivity index (χ1) is 7.25. The van der Waals surface area contributed by atoms with Gasteiger partial charge in [-0.15, -0.1) is 0 Å². The molecule has 0 unspecified atom stereocenters. The van der Waals surface area contributed by atoms with Crippen molar-refractivity contribution in [2.24, 2.45) is 0 Å². The average molecular weight is 263 g/mol. The summed E-state index contributed by atoms with van der Waals surface area (Å²) in [4.78, 5) is 12.2. The van der Waals surface area contributed by atoms with Crippen molar-refractivity contribution >= 4 is 24.1 Å². The molecule has 15 heavy (non-hydrogen) atoms. The molecule has 1 nitrogen and oxygen atoms in total. The molecule has 0 fully saturated rings. The van der Waals surface area contributed by atoms with Crippen molar-refractivity contribution in [3.05, 3.63) is 44.0 Å². The molecule has 2 aromatic rings. The van der Waals surface area contributed by atoms with Crippen LogP contribution in [0.25, 0.3) is 9.65 Å². The first-order valence-electron chi connectivity index (χ1n) is 5.31. The molecule has 0 aliphatic heterocycles. The van der Waals surface area contributed by atoms with E-state index in [1.165, 1.54) is 20.7 Å². The molecule has 0 N–H and O–H groups in total. The van der Waals surface area contributed by atoms with Gasteiger partial charge < -0.3 is 0 Å². The summed E-state index contributed by atoms with van der Waals surface area (Å²) >= 11 is 0.419. The summed E-state index contributed by atoms with van der Waals surface area (Å²) in [5.41, 5.74) is 2.65. The van der Waals surface area contributed by atoms with Crippen molar-refractivity contribution in [3.63, 3.8) is 0 Å². The maximum atomic E-state index is 12.2. The molecule has 0 radical (unpaired) electrons. The van der Waals surface area contributed by atoms with Gasteiger partial charge in [0.25, 0.3) is 0 Å². The van der Waals surface area contributed by atoms with E-state index in [2.05, 4.69) is 25.1 Å². The number of aryl methyl sites for hydroxylation is 2. The topological polar surface area (TPSA) is 17.1 Å². The van der Waals surface area contributed by atoms with Crippen LogP contribution in [-0.2, 0) is 12.8 Å². The molecule has 0 amide bonds. The van der Waals surface area contributed by atoms with Crippen molar-refractivity contribution in [2.45, 2.75) is 26.2 Å². The molecule has 1 aliphatic carbocycles. The SMILES string of the molecule is Cc1ccc2[se]c3c(c(=O)c2c1)CCC3. The Kier molecular flexibility index (Phi) is 2.08.